The molecular formula is C18H16FNO. The summed E-state index contributed by atoms with van der Waals surface area (Å²) in [6.45, 7) is 0.325. The number of fused-ring (bicyclic) bond motifs is 1. The first-order valence-electron chi connectivity index (χ1n) is 7.15. The molecule has 1 atom stereocenters. The van der Waals surface area contributed by atoms with Gasteiger partial charge in [-0.1, -0.05) is 24.3 Å². The van der Waals surface area contributed by atoms with E-state index in [4.69, 9.17) is 10.00 Å². The van der Waals surface area contributed by atoms with Crippen LogP contribution in [0, 0.1) is 17.1 Å². The Kier molecular flexibility index (Phi) is 3.98. The molecule has 0 aromatic heterocycles. The molecule has 1 unspecified atom stereocenters. The van der Waals surface area contributed by atoms with Gasteiger partial charge in [-0.05, 0) is 54.2 Å². The van der Waals surface area contributed by atoms with Gasteiger partial charge in [-0.2, -0.15) is 5.26 Å². The molecule has 0 N–H and O–H groups in total. The summed E-state index contributed by atoms with van der Waals surface area (Å²) in [7, 11) is 0. The van der Waals surface area contributed by atoms with Crippen molar-refractivity contribution in [2.75, 3.05) is 0 Å². The van der Waals surface area contributed by atoms with Crippen LogP contribution in [0.5, 0.6) is 0 Å². The third kappa shape index (κ3) is 3.12. The van der Waals surface area contributed by atoms with Gasteiger partial charge in [-0.3, -0.25) is 0 Å². The minimum Gasteiger partial charge on any atom is -0.369 e. The third-order valence-corrected chi connectivity index (χ3v) is 3.85. The average molecular weight is 281 g/mol. The van der Waals surface area contributed by atoms with E-state index in [9.17, 15) is 4.39 Å². The lowest BCUT2D eigenvalue weighted by atomic mass is 9.89. The molecule has 1 aliphatic rings. The maximum Gasteiger partial charge on any atom is 0.124 e. The largest absolute Gasteiger partial charge is 0.369 e. The maximum atomic E-state index is 13.4. The van der Waals surface area contributed by atoms with Gasteiger partial charge in [0, 0.05) is 0 Å². The van der Waals surface area contributed by atoms with E-state index in [1.807, 2.05) is 18.2 Å². The highest BCUT2D eigenvalue weighted by Crippen LogP contribution is 2.33. The zero-order valence-electron chi connectivity index (χ0n) is 11.7. The molecule has 106 valence electrons. The fraction of sp³-hybridized carbons (Fsp3) is 0.278. The van der Waals surface area contributed by atoms with Crippen molar-refractivity contribution in [3.05, 3.63) is 70.5 Å². The Balaban J connectivity index is 1.74. The number of hydrogen-bond acceptors (Lipinski definition) is 2. The molecule has 0 bridgehead atoms. The molecule has 0 saturated carbocycles. The van der Waals surface area contributed by atoms with Crippen LogP contribution < -0.4 is 0 Å². The Labute approximate surface area is 123 Å². The van der Waals surface area contributed by atoms with E-state index in [-0.39, 0.29) is 6.10 Å². The van der Waals surface area contributed by atoms with Crippen molar-refractivity contribution in [3.8, 4) is 6.07 Å². The van der Waals surface area contributed by atoms with Crippen LogP contribution in [0.1, 0.15) is 41.2 Å². The number of aryl methyl sites for hydroxylation is 1. The predicted octanol–water partition coefficient (Wildman–Crippen LogP) is 4.29. The number of hydrogen-bond donors (Lipinski definition) is 0. The van der Waals surface area contributed by atoms with Crippen LogP contribution in [0.25, 0.3) is 0 Å². The standard InChI is InChI=1S/C18H16FNO/c19-16-9-13(11-20)8-14(10-16)12-21-18-7-3-5-15-4-1-2-6-17(15)18/h1-2,4,6,8-10,18H,3,5,7,12H2. The number of nitrogens with zero attached hydrogens (tertiary/aromatic N) is 1. The summed E-state index contributed by atoms with van der Waals surface area (Å²) in [6.07, 6.45) is 3.24. The highest BCUT2D eigenvalue weighted by atomic mass is 19.1. The van der Waals surface area contributed by atoms with E-state index in [0.717, 1.165) is 19.3 Å². The fourth-order valence-electron chi connectivity index (χ4n) is 2.88. The van der Waals surface area contributed by atoms with Gasteiger partial charge in [0.25, 0.3) is 0 Å². The summed E-state index contributed by atoms with van der Waals surface area (Å²) in [4.78, 5) is 0. The molecular weight excluding hydrogens is 265 g/mol. The molecule has 2 aromatic rings. The summed E-state index contributed by atoms with van der Waals surface area (Å²) < 4.78 is 19.4. The summed E-state index contributed by atoms with van der Waals surface area (Å²) in [5.74, 6) is -0.392. The van der Waals surface area contributed by atoms with Crippen molar-refractivity contribution in [1.29, 1.82) is 5.26 Å². The van der Waals surface area contributed by atoms with Crippen LogP contribution in [0.2, 0.25) is 0 Å². The highest BCUT2D eigenvalue weighted by Gasteiger charge is 2.20. The quantitative estimate of drug-likeness (QED) is 0.840. The van der Waals surface area contributed by atoms with Crippen molar-refractivity contribution in [2.24, 2.45) is 0 Å². The molecule has 2 aromatic carbocycles. The highest BCUT2D eigenvalue weighted by molar-refractivity contribution is 5.34. The lowest BCUT2D eigenvalue weighted by Gasteiger charge is -2.25. The van der Waals surface area contributed by atoms with Gasteiger partial charge in [0.2, 0.25) is 0 Å². The van der Waals surface area contributed by atoms with Gasteiger partial charge in [-0.25, -0.2) is 4.39 Å². The minimum atomic E-state index is -0.392. The van der Waals surface area contributed by atoms with Gasteiger partial charge < -0.3 is 4.74 Å². The van der Waals surface area contributed by atoms with E-state index in [1.54, 1.807) is 6.07 Å². The summed E-state index contributed by atoms with van der Waals surface area (Å²) in [6, 6.07) is 14.6. The normalized spacial score (nSPS) is 17.0. The molecule has 2 nitrogen and oxygen atoms in total. The van der Waals surface area contributed by atoms with Gasteiger partial charge in [-0.15, -0.1) is 0 Å². The maximum absolute atomic E-state index is 13.4. The van der Waals surface area contributed by atoms with Gasteiger partial charge >= 0.3 is 0 Å². The molecule has 0 spiro atoms. The number of benzene rings is 2. The molecule has 0 fully saturated rings. The lowest BCUT2D eigenvalue weighted by Crippen LogP contribution is -2.12. The van der Waals surface area contributed by atoms with Crippen LogP contribution in [0.15, 0.2) is 42.5 Å². The topological polar surface area (TPSA) is 33.0 Å². The van der Waals surface area contributed by atoms with E-state index >= 15 is 0 Å². The van der Waals surface area contributed by atoms with Gasteiger partial charge in [0.1, 0.15) is 5.82 Å². The Bertz CT molecular complexity index is 690. The molecule has 0 radical (unpaired) electrons. The van der Waals surface area contributed by atoms with E-state index in [1.165, 1.54) is 23.3 Å². The van der Waals surface area contributed by atoms with Crippen LogP contribution in [0.4, 0.5) is 4.39 Å². The van der Waals surface area contributed by atoms with E-state index in [0.29, 0.717) is 17.7 Å². The van der Waals surface area contributed by atoms with Crippen LogP contribution in [-0.2, 0) is 17.8 Å². The Morgan fingerprint density at radius 1 is 1.24 bits per heavy atom. The first-order chi connectivity index (χ1) is 10.3. The Morgan fingerprint density at radius 2 is 2.10 bits per heavy atom. The van der Waals surface area contributed by atoms with Crippen molar-refractivity contribution in [3.63, 3.8) is 0 Å². The molecule has 21 heavy (non-hydrogen) atoms. The molecule has 0 aliphatic heterocycles. The first-order valence-corrected chi connectivity index (χ1v) is 7.15. The van der Waals surface area contributed by atoms with Gasteiger partial charge in [0.15, 0.2) is 0 Å². The smallest absolute Gasteiger partial charge is 0.124 e. The molecule has 0 saturated heterocycles. The Hall–Kier alpha value is -2.18. The lowest BCUT2D eigenvalue weighted by molar-refractivity contribution is 0.0281. The van der Waals surface area contributed by atoms with Crippen molar-refractivity contribution in [2.45, 2.75) is 32.0 Å². The number of nitriles is 1. The monoisotopic (exact) mass is 281 g/mol. The second kappa shape index (κ2) is 6.07. The zero-order valence-corrected chi connectivity index (χ0v) is 11.7. The molecule has 0 heterocycles. The van der Waals surface area contributed by atoms with Crippen molar-refractivity contribution < 1.29 is 9.13 Å². The van der Waals surface area contributed by atoms with Crippen molar-refractivity contribution in [1.82, 2.24) is 0 Å². The summed E-state index contributed by atoms with van der Waals surface area (Å²) in [5, 5.41) is 8.88. The summed E-state index contributed by atoms with van der Waals surface area (Å²) >= 11 is 0. The predicted molar refractivity (Wildman–Crippen MR) is 78.0 cm³/mol. The summed E-state index contributed by atoms with van der Waals surface area (Å²) in [5.41, 5.74) is 3.61. The molecule has 0 amide bonds. The number of halogens is 1. The first kappa shape index (κ1) is 13.8. The van der Waals surface area contributed by atoms with Crippen LogP contribution in [0.3, 0.4) is 0 Å². The van der Waals surface area contributed by atoms with Crippen LogP contribution in [-0.4, -0.2) is 0 Å². The molecule has 3 heteroatoms. The van der Waals surface area contributed by atoms with Gasteiger partial charge in [0.05, 0.1) is 24.3 Å². The molecule has 3 rings (SSSR count). The number of ether oxygens (including phenoxy) is 1. The van der Waals surface area contributed by atoms with E-state index < -0.39 is 5.82 Å². The zero-order chi connectivity index (χ0) is 14.7. The average Bonchev–Trinajstić information content (AvgIpc) is 2.52. The number of rotatable bonds is 3. The van der Waals surface area contributed by atoms with Crippen molar-refractivity contribution >= 4 is 0 Å². The van der Waals surface area contributed by atoms with Crippen LogP contribution >= 0.6 is 0 Å². The second-order valence-electron chi connectivity index (χ2n) is 5.35. The minimum absolute atomic E-state index is 0.0590. The molecule has 1 aliphatic carbocycles. The van der Waals surface area contributed by atoms with E-state index in [2.05, 4.69) is 12.1 Å². The second-order valence-corrected chi connectivity index (χ2v) is 5.35. The third-order valence-electron chi connectivity index (χ3n) is 3.85. The fourth-order valence-corrected chi connectivity index (χ4v) is 2.88. The SMILES string of the molecule is N#Cc1cc(F)cc(COC2CCCc3ccccc32)c1. The Morgan fingerprint density at radius 3 is 2.95 bits per heavy atom.